The summed E-state index contributed by atoms with van der Waals surface area (Å²) in [5.41, 5.74) is 0.948. The summed E-state index contributed by atoms with van der Waals surface area (Å²) in [7, 11) is 1.65. The molecule has 1 atom stereocenters. The van der Waals surface area contributed by atoms with E-state index in [9.17, 15) is 4.79 Å². The molecule has 0 fully saturated rings. The first-order valence-electron chi connectivity index (χ1n) is 6.96. The fourth-order valence-corrected chi connectivity index (χ4v) is 2.24. The second kappa shape index (κ2) is 7.32. The van der Waals surface area contributed by atoms with E-state index >= 15 is 0 Å². The third kappa shape index (κ3) is 3.88. The Kier molecular flexibility index (Phi) is 5.45. The third-order valence-corrected chi connectivity index (χ3v) is 3.71. The SMILES string of the molecule is COc1ccc2cc([C@H](C)C(=O)OCCCCl)ccc2c1. The molecule has 4 heteroatoms. The van der Waals surface area contributed by atoms with Gasteiger partial charge in [-0.1, -0.05) is 24.3 Å². The topological polar surface area (TPSA) is 35.5 Å². The highest BCUT2D eigenvalue weighted by Gasteiger charge is 2.17. The van der Waals surface area contributed by atoms with Gasteiger partial charge in [0.15, 0.2) is 0 Å². The zero-order valence-electron chi connectivity index (χ0n) is 12.3. The van der Waals surface area contributed by atoms with E-state index < -0.39 is 0 Å². The van der Waals surface area contributed by atoms with Crippen molar-refractivity contribution in [3.8, 4) is 5.75 Å². The van der Waals surface area contributed by atoms with Crippen LogP contribution in [0.15, 0.2) is 36.4 Å². The van der Waals surface area contributed by atoms with Crippen LogP contribution in [0, 0.1) is 0 Å². The molecule has 3 nitrogen and oxygen atoms in total. The molecule has 2 aromatic carbocycles. The number of benzene rings is 2. The molecule has 0 aliphatic carbocycles. The molecule has 2 rings (SSSR count). The number of ether oxygens (including phenoxy) is 2. The van der Waals surface area contributed by atoms with Gasteiger partial charge in [-0.05, 0) is 41.8 Å². The van der Waals surface area contributed by atoms with Gasteiger partial charge in [0.25, 0.3) is 0 Å². The van der Waals surface area contributed by atoms with Crippen LogP contribution in [-0.4, -0.2) is 25.6 Å². The maximum atomic E-state index is 12.0. The van der Waals surface area contributed by atoms with Crippen molar-refractivity contribution in [2.45, 2.75) is 19.3 Å². The Labute approximate surface area is 129 Å². The van der Waals surface area contributed by atoms with Crippen LogP contribution in [0.5, 0.6) is 5.75 Å². The molecule has 0 N–H and O–H groups in total. The Bertz CT molecular complexity index is 624. The van der Waals surface area contributed by atoms with Crippen LogP contribution in [0.2, 0.25) is 0 Å². The highest BCUT2D eigenvalue weighted by atomic mass is 35.5. The van der Waals surface area contributed by atoms with Crippen LogP contribution in [-0.2, 0) is 9.53 Å². The third-order valence-electron chi connectivity index (χ3n) is 3.45. The van der Waals surface area contributed by atoms with Crippen LogP contribution in [0.4, 0.5) is 0 Å². The monoisotopic (exact) mass is 306 g/mol. The van der Waals surface area contributed by atoms with E-state index in [0.717, 1.165) is 22.1 Å². The van der Waals surface area contributed by atoms with Gasteiger partial charge in [-0.2, -0.15) is 0 Å². The Morgan fingerprint density at radius 2 is 1.90 bits per heavy atom. The van der Waals surface area contributed by atoms with Crippen molar-refractivity contribution in [3.05, 3.63) is 42.0 Å². The summed E-state index contributed by atoms with van der Waals surface area (Å²) in [5, 5.41) is 2.16. The first-order chi connectivity index (χ1) is 10.2. The van der Waals surface area contributed by atoms with Gasteiger partial charge in [-0.3, -0.25) is 4.79 Å². The van der Waals surface area contributed by atoms with E-state index in [0.29, 0.717) is 18.9 Å². The second-order valence-corrected chi connectivity index (χ2v) is 5.28. The minimum absolute atomic E-state index is 0.215. The Morgan fingerprint density at radius 3 is 2.62 bits per heavy atom. The quantitative estimate of drug-likeness (QED) is 0.457. The molecule has 0 aliphatic rings. The molecule has 0 amide bonds. The van der Waals surface area contributed by atoms with Crippen molar-refractivity contribution in [3.63, 3.8) is 0 Å². The van der Waals surface area contributed by atoms with Gasteiger partial charge >= 0.3 is 5.97 Å². The Hall–Kier alpha value is -1.74. The van der Waals surface area contributed by atoms with E-state index in [1.165, 1.54) is 0 Å². The lowest BCUT2D eigenvalue weighted by Gasteiger charge is -2.12. The van der Waals surface area contributed by atoms with Gasteiger partial charge in [0.2, 0.25) is 0 Å². The normalized spacial score (nSPS) is 12.1. The van der Waals surface area contributed by atoms with E-state index in [-0.39, 0.29) is 11.9 Å². The molecular weight excluding hydrogens is 288 g/mol. The molecular formula is C17H19ClO3. The van der Waals surface area contributed by atoms with Gasteiger partial charge in [-0.15, -0.1) is 11.6 Å². The first kappa shape index (κ1) is 15.6. The molecule has 0 spiro atoms. The van der Waals surface area contributed by atoms with Crippen molar-refractivity contribution in [1.29, 1.82) is 0 Å². The summed E-state index contributed by atoms with van der Waals surface area (Å²) in [4.78, 5) is 12.0. The molecule has 0 radical (unpaired) electrons. The molecule has 0 aromatic heterocycles. The van der Waals surface area contributed by atoms with Gasteiger partial charge in [0.05, 0.1) is 19.6 Å². The van der Waals surface area contributed by atoms with Crippen LogP contribution in [0.1, 0.15) is 24.8 Å². The molecule has 0 bridgehead atoms. The highest BCUT2D eigenvalue weighted by Crippen LogP contribution is 2.25. The summed E-state index contributed by atoms with van der Waals surface area (Å²) in [6, 6.07) is 11.8. The number of hydrogen-bond donors (Lipinski definition) is 0. The van der Waals surface area contributed by atoms with Gasteiger partial charge in [0, 0.05) is 5.88 Å². The summed E-state index contributed by atoms with van der Waals surface area (Å²) in [6.45, 7) is 2.23. The summed E-state index contributed by atoms with van der Waals surface area (Å²) in [6.07, 6.45) is 0.678. The minimum atomic E-state index is -0.285. The summed E-state index contributed by atoms with van der Waals surface area (Å²) >= 11 is 5.57. The lowest BCUT2D eigenvalue weighted by molar-refractivity contribution is -0.145. The van der Waals surface area contributed by atoms with Gasteiger partial charge in [-0.25, -0.2) is 0 Å². The van der Waals surface area contributed by atoms with Gasteiger partial charge < -0.3 is 9.47 Å². The number of alkyl halides is 1. The minimum Gasteiger partial charge on any atom is -0.497 e. The van der Waals surface area contributed by atoms with E-state index in [1.54, 1.807) is 7.11 Å². The average molecular weight is 307 g/mol. The number of halogens is 1. The number of carbonyl (C=O) groups excluding carboxylic acids is 1. The van der Waals surface area contributed by atoms with Crippen molar-refractivity contribution in [2.75, 3.05) is 19.6 Å². The molecule has 0 saturated heterocycles. The molecule has 0 unspecified atom stereocenters. The standard InChI is InChI=1S/C17H19ClO3/c1-12(17(19)21-9-3-8-18)13-4-5-15-11-16(20-2)7-6-14(15)10-13/h4-7,10-12H,3,8-9H2,1-2H3/t12-/m0/s1. The van der Waals surface area contributed by atoms with Crippen molar-refractivity contribution in [1.82, 2.24) is 0 Å². The van der Waals surface area contributed by atoms with Crippen molar-refractivity contribution in [2.24, 2.45) is 0 Å². The predicted octanol–water partition coefficient (Wildman–Crippen LogP) is 4.12. The molecule has 0 heterocycles. The molecule has 21 heavy (non-hydrogen) atoms. The Morgan fingerprint density at radius 1 is 1.19 bits per heavy atom. The van der Waals surface area contributed by atoms with E-state index in [1.807, 2.05) is 43.3 Å². The smallest absolute Gasteiger partial charge is 0.313 e. The zero-order chi connectivity index (χ0) is 15.2. The van der Waals surface area contributed by atoms with Crippen molar-refractivity contribution >= 4 is 28.3 Å². The van der Waals surface area contributed by atoms with E-state index in [4.69, 9.17) is 21.1 Å². The molecule has 0 saturated carbocycles. The number of hydrogen-bond acceptors (Lipinski definition) is 3. The zero-order valence-corrected chi connectivity index (χ0v) is 13.0. The summed E-state index contributed by atoms with van der Waals surface area (Å²) < 4.78 is 10.4. The maximum absolute atomic E-state index is 12.0. The number of carbonyl (C=O) groups is 1. The van der Waals surface area contributed by atoms with Crippen LogP contribution in [0.25, 0.3) is 10.8 Å². The fraction of sp³-hybridized carbons (Fsp3) is 0.353. The number of esters is 1. The molecule has 0 aliphatic heterocycles. The molecule has 2 aromatic rings. The lowest BCUT2D eigenvalue weighted by atomic mass is 9.98. The second-order valence-electron chi connectivity index (χ2n) is 4.90. The number of methoxy groups -OCH3 is 1. The number of rotatable bonds is 6. The molecule has 112 valence electrons. The van der Waals surface area contributed by atoms with E-state index in [2.05, 4.69) is 0 Å². The van der Waals surface area contributed by atoms with Gasteiger partial charge in [0.1, 0.15) is 5.75 Å². The van der Waals surface area contributed by atoms with Crippen molar-refractivity contribution < 1.29 is 14.3 Å². The van der Waals surface area contributed by atoms with Crippen LogP contribution in [0.3, 0.4) is 0 Å². The highest BCUT2D eigenvalue weighted by molar-refractivity contribution is 6.17. The van der Waals surface area contributed by atoms with Crippen LogP contribution >= 0.6 is 11.6 Å². The summed E-state index contributed by atoms with van der Waals surface area (Å²) in [5.74, 6) is 0.822. The fourth-order valence-electron chi connectivity index (χ4n) is 2.13. The average Bonchev–Trinajstić information content (AvgIpc) is 2.53. The first-order valence-corrected chi connectivity index (χ1v) is 7.49. The largest absolute Gasteiger partial charge is 0.497 e. The Balaban J connectivity index is 2.16. The maximum Gasteiger partial charge on any atom is 0.313 e. The predicted molar refractivity (Wildman–Crippen MR) is 85.2 cm³/mol. The lowest BCUT2D eigenvalue weighted by Crippen LogP contribution is -2.14. The number of fused-ring (bicyclic) bond motifs is 1. The van der Waals surface area contributed by atoms with Crippen LogP contribution < -0.4 is 4.74 Å².